The Morgan fingerprint density at radius 3 is 3.09 bits per heavy atom. The molecular weight excluding hydrogens is 325 g/mol. The average molecular weight is 346 g/mol. The van der Waals surface area contributed by atoms with Crippen LogP contribution in [0.4, 0.5) is 4.39 Å². The largest absolute Gasteiger partial charge is 0.484 e. The Bertz CT molecular complexity index is 509. The Hall–Kier alpha value is -1.37. The summed E-state index contributed by atoms with van der Waals surface area (Å²) in [6.45, 7) is 2.39. The molecule has 1 N–H and O–H groups in total. The van der Waals surface area contributed by atoms with Gasteiger partial charge in [-0.3, -0.25) is 4.79 Å². The lowest BCUT2D eigenvalue weighted by molar-refractivity contribution is -0.123. The number of halogens is 2. The molecule has 1 saturated heterocycles. The van der Waals surface area contributed by atoms with Crippen molar-refractivity contribution >= 4 is 17.5 Å². The van der Waals surface area contributed by atoms with Crippen molar-refractivity contribution in [1.29, 1.82) is 0 Å². The van der Waals surface area contributed by atoms with Gasteiger partial charge in [0.25, 0.3) is 5.91 Å². The summed E-state index contributed by atoms with van der Waals surface area (Å²) in [5.41, 5.74) is 0. The monoisotopic (exact) mass is 345 g/mol. The Morgan fingerprint density at radius 1 is 1.48 bits per heavy atom. The van der Waals surface area contributed by atoms with Crippen LogP contribution in [0.15, 0.2) is 18.2 Å². The van der Waals surface area contributed by atoms with E-state index in [2.05, 4.69) is 5.32 Å². The number of ether oxygens (including phenoxy) is 3. The van der Waals surface area contributed by atoms with Crippen LogP contribution in [-0.4, -0.2) is 45.0 Å². The predicted molar refractivity (Wildman–Crippen MR) is 84.3 cm³/mol. The van der Waals surface area contributed by atoms with Crippen LogP contribution in [-0.2, 0) is 14.3 Å². The number of benzene rings is 1. The van der Waals surface area contributed by atoms with Crippen molar-refractivity contribution in [3.63, 3.8) is 0 Å². The van der Waals surface area contributed by atoms with E-state index in [1.807, 2.05) is 0 Å². The zero-order valence-electron chi connectivity index (χ0n) is 12.9. The first-order valence-electron chi connectivity index (χ1n) is 7.69. The molecule has 0 aliphatic carbocycles. The van der Waals surface area contributed by atoms with E-state index in [0.29, 0.717) is 25.5 Å². The molecule has 1 aliphatic heterocycles. The predicted octanol–water partition coefficient (Wildman–Crippen LogP) is 2.56. The van der Waals surface area contributed by atoms with Gasteiger partial charge >= 0.3 is 0 Å². The molecule has 1 atom stereocenters. The van der Waals surface area contributed by atoms with Crippen LogP contribution in [0, 0.1) is 5.82 Å². The fraction of sp³-hybridized carbons (Fsp3) is 0.562. The maximum Gasteiger partial charge on any atom is 0.257 e. The summed E-state index contributed by atoms with van der Waals surface area (Å²) in [7, 11) is 0. The highest BCUT2D eigenvalue weighted by atomic mass is 35.5. The fourth-order valence-corrected chi connectivity index (χ4v) is 2.33. The Balaban J connectivity index is 1.50. The van der Waals surface area contributed by atoms with Crippen molar-refractivity contribution in [2.75, 3.05) is 33.0 Å². The van der Waals surface area contributed by atoms with Crippen LogP contribution in [0.2, 0.25) is 5.02 Å². The topological polar surface area (TPSA) is 56.8 Å². The second-order valence-electron chi connectivity index (χ2n) is 5.28. The molecule has 0 bridgehead atoms. The molecule has 1 unspecified atom stereocenters. The first-order valence-corrected chi connectivity index (χ1v) is 8.07. The molecule has 1 aromatic rings. The van der Waals surface area contributed by atoms with Gasteiger partial charge in [-0.2, -0.15) is 0 Å². The molecule has 1 aromatic carbocycles. The highest BCUT2D eigenvalue weighted by molar-refractivity contribution is 6.30. The minimum atomic E-state index is -0.522. The second kappa shape index (κ2) is 9.70. The molecule has 5 nitrogen and oxygen atoms in total. The quantitative estimate of drug-likeness (QED) is 0.699. The van der Waals surface area contributed by atoms with Gasteiger partial charge < -0.3 is 19.5 Å². The molecule has 1 heterocycles. The molecule has 7 heteroatoms. The van der Waals surface area contributed by atoms with Crippen LogP contribution < -0.4 is 10.1 Å². The average Bonchev–Trinajstić information content (AvgIpc) is 3.05. The van der Waals surface area contributed by atoms with E-state index in [1.165, 1.54) is 18.2 Å². The number of hydrogen-bond donors (Lipinski definition) is 1. The third-order valence-corrected chi connectivity index (χ3v) is 3.67. The summed E-state index contributed by atoms with van der Waals surface area (Å²) in [6, 6.07) is 3.96. The van der Waals surface area contributed by atoms with Crippen molar-refractivity contribution in [1.82, 2.24) is 5.32 Å². The van der Waals surface area contributed by atoms with Crippen molar-refractivity contribution < 1.29 is 23.4 Å². The molecule has 128 valence electrons. The summed E-state index contributed by atoms with van der Waals surface area (Å²) >= 11 is 5.63. The first kappa shape index (κ1) is 18.0. The normalized spacial score (nSPS) is 17.2. The molecule has 0 radical (unpaired) electrons. The zero-order valence-corrected chi connectivity index (χ0v) is 13.6. The van der Waals surface area contributed by atoms with Gasteiger partial charge in [0.15, 0.2) is 6.61 Å². The molecular formula is C16H21ClFNO4. The number of amides is 1. The maximum atomic E-state index is 13.0. The number of carbonyl (C=O) groups is 1. The van der Waals surface area contributed by atoms with E-state index in [9.17, 15) is 9.18 Å². The molecule has 0 saturated carbocycles. The number of hydrogen-bond acceptors (Lipinski definition) is 4. The third kappa shape index (κ3) is 6.72. The van der Waals surface area contributed by atoms with E-state index in [-0.39, 0.29) is 23.6 Å². The summed E-state index contributed by atoms with van der Waals surface area (Å²) in [5, 5.41) is 2.69. The number of carbonyl (C=O) groups excluding carboxylic acids is 1. The first-order chi connectivity index (χ1) is 11.1. The van der Waals surface area contributed by atoms with E-state index in [4.69, 9.17) is 25.8 Å². The lowest BCUT2D eigenvalue weighted by Crippen LogP contribution is -2.30. The van der Waals surface area contributed by atoms with Gasteiger partial charge in [0.2, 0.25) is 0 Å². The standard InChI is InChI=1S/C16H21ClFNO4/c17-14-9-12(4-5-15(14)18)23-11-16(20)19-6-2-7-21-10-13-3-1-8-22-13/h4-5,9,13H,1-3,6-8,10-11H2,(H,19,20). The van der Waals surface area contributed by atoms with Crippen molar-refractivity contribution in [3.05, 3.63) is 29.0 Å². The molecule has 2 rings (SSSR count). The van der Waals surface area contributed by atoms with E-state index in [0.717, 1.165) is 25.9 Å². The van der Waals surface area contributed by atoms with Crippen molar-refractivity contribution in [2.24, 2.45) is 0 Å². The van der Waals surface area contributed by atoms with Crippen LogP contribution in [0.5, 0.6) is 5.75 Å². The van der Waals surface area contributed by atoms with Gasteiger partial charge in [0.05, 0.1) is 17.7 Å². The van der Waals surface area contributed by atoms with Crippen LogP contribution in [0.1, 0.15) is 19.3 Å². The SMILES string of the molecule is O=C(COc1ccc(F)c(Cl)c1)NCCCOCC1CCCO1. The fourth-order valence-electron chi connectivity index (χ4n) is 2.16. The number of rotatable bonds is 9. The van der Waals surface area contributed by atoms with E-state index >= 15 is 0 Å². The Morgan fingerprint density at radius 2 is 2.35 bits per heavy atom. The van der Waals surface area contributed by atoms with Gasteiger partial charge in [0, 0.05) is 25.8 Å². The van der Waals surface area contributed by atoms with Crippen LogP contribution in [0.25, 0.3) is 0 Å². The summed E-state index contributed by atoms with van der Waals surface area (Å²) < 4.78 is 29.2. The molecule has 0 spiro atoms. The highest BCUT2D eigenvalue weighted by Gasteiger charge is 2.14. The highest BCUT2D eigenvalue weighted by Crippen LogP contribution is 2.20. The summed E-state index contributed by atoms with van der Waals surface area (Å²) in [5.74, 6) is -0.414. The summed E-state index contributed by atoms with van der Waals surface area (Å²) in [6.07, 6.45) is 3.10. The minimum absolute atomic E-state index is 0.0358. The minimum Gasteiger partial charge on any atom is -0.484 e. The van der Waals surface area contributed by atoms with Gasteiger partial charge in [-0.05, 0) is 31.4 Å². The Labute approximate surface area is 140 Å². The number of nitrogens with one attached hydrogen (secondary N) is 1. The molecule has 0 aromatic heterocycles. The lowest BCUT2D eigenvalue weighted by Gasteiger charge is -2.10. The zero-order chi connectivity index (χ0) is 16.5. The van der Waals surface area contributed by atoms with Crippen molar-refractivity contribution in [3.8, 4) is 5.75 Å². The van der Waals surface area contributed by atoms with Crippen LogP contribution in [0.3, 0.4) is 0 Å². The van der Waals surface area contributed by atoms with Gasteiger partial charge in [-0.1, -0.05) is 11.6 Å². The molecule has 23 heavy (non-hydrogen) atoms. The smallest absolute Gasteiger partial charge is 0.257 e. The molecule has 1 fully saturated rings. The lowest BCUT2D eigenvalue weighted by atomic mass is 10.2. The third-order valence-electron chi connectivity index (χ3n) is 3.38. The van der Waals surface area contributed by atoms with E-state index in [1.54, 1.807) is 0 Å². The van der Waals surface area contributed by atoms with E-state index < -0.39 is 5.82 Å². The summed E-state index contributed by atoms with van der Waals surface area (Å²) in [4.78, 5) is 11.6. The molecule has 1 aliphatic rings. The van der Waals surface area contributed by atoms with Gasteiger partial charge in [0.1, 0.15) is 11.6 Å². The van der Waals surface area contributed by atoms with Gasteiger partial charge in [-0.25, -0.2) is 4.39 Å². The van der Waals surface area contributed by atoms with Crippen LogP contribution >= 0.6 is 11.6 Å². The maximum absolute atomic E-state index is 13.0. The second-order valence-corrected chi connectivity index (χ2v) is 5.69. The van der Waals surface area contributed by atoms with Crippen molar-refractivity contribution in [2.45, 2.75) is 25.4 Å². The van der Waals surface area contributed by atoms with Gasteiger partial charge in [-0.15, -0.1) is 0 Å². The molecule has 1 amide bonds. The Kier molecular flexibility index (Phi) is 7.58.